The summed E-state index contributed by atoms with van der Waals surface area (Å²) in [6, 6.07) is 15.6. The number of hydrogen-bond donors (Lipinski definition) is 5. The topological polar surface area (TPSA) is 149 Å². The average molecular weight is 568 g/mol. The first-order valence-corrected chi connectivity index (χ1v) is 14.0. The van der Waals surface area contributed by atoms with E-state index in [9.17, 15) is 18.0 Å². The zero-order valence-corrected chi connectivity index (χ0v) is 22.9. The Bertz CT molecular complexity index is 1630. The van der Waals surface area contributed by atoms with Crippen LogP contribution >= 0.6 is 11.6 Å². The number of hydrogen-bond acceptors (Lipinski definition) is 6. The number of aryl methyl sites for hydroxylation is 2. The van der Waals surface area contributed by atoms with Gasteiger partial charge in [0.15, 0.2) is 0 Å². The first-order valence-electron chi connectivity index (χ1n) is 12.1. The molecule has 0 aliphatic rings. The zero-order valence-electron chi connectivity index (χ0n) is 21.3. The lowest BCUT2D eigenvalue weighted by Gasteiger charge is -2.10. The average Bonchev–Trinajstić information content (AvgIpc) is 3.27. The molecule has 39 heavy (non-hydrogen) atoms. The Kier molecular flexibility index (Phi) is 8.46. The van der Waals surface area contributed by atoms with Crippen LogP contribution in [0.25, 0.3) is 10.9 Å². The van der Waals surface area contributed by atoms with Crippen LogP contribution in [0.5, 0.6) is 0 Å². The van der Waals surface area contributed by atoms with E-state index in [0.717, 1.165) is 11.1 Å². The van der Waals surface area contributed by atoms with E-state index in [1.165, 1.54) is 30.3 Å². The molecule has 4 rings (SSSR count). The lowest BCUT2D eigenvalue weighted by molar-refractivity contribution is 0.0945. The third-order valence-corrected chi connectivity index (χ3v) is 8.16. The Morgan fingerprint density at radius 3 is 2.13 bits per heavy atom. The van der Waals surface area contributed by atoms with Crippen LogP contribution in [0, 0.1) is 13.8 Å². The molecule has 1 heterocycles. The molecule has 1 aromatic heterocycles. The largest absolute Gasteiger partial charge is 0.488 e. The molecule has 2 amide bonds. The highest BCUT2D eigenvalue weighted by atomic mass is 35.5. The molecule has 4 aromatic rings. The Hall–Kier alpha value is -3.64. The molecule has 0 aliphatic carbocycles. The van der Waals surface area contributed by atoms with E-state index in [0.29, 0.717) is 27.9 Å². The van der Waals surface area contributed by atoms with Gasteiger partial charge in [-0.2, -0.15) is 0 Å². The Balaban J connectivity index is 1.48. The number of aromatic nitrogens is 1. The third kappa shape index (κ3) is 6.34. The van der Waals surface area contributed by atoms with Crippen molar-refractivity contribution in [2.75, 3.05) is 13.1 Å². The summed E-state index contributed by atoms with van der Waals surface area (Å²) in [7, 11) is -5.70. The first kappa shape index (κ1) is 28.4. The van der Waals surface area contributed by atoms with Gasteiger partial charge in [0.2, 0.25) is 9.84 Å². The Morgan fingerprint density at radius 1 is 0.897 bits per heavy atom. The van der Waals surface area contributed by atoms with Crippen molar-refractivity contribution < 1.29 is 28.1 Å². The minimum Gasteiger partial charge on any atom is -0.423 e. The van der Waals surface area contributed by atoms with Gasteiger partial charge in [0.05, 0.1) is 4.90 Å². The number of carbonyl (C=O) groups excluding carboxylic acids is 2. The van der Waals surface area contributed by atoms with Crippen LogP contribution in [0.1, 0.15) is 38.4 Å². The van der Waals surface area contributed by atoms with Crippen LogP contribution in [0.2, 0.25) is 5.02 Å². The maximum Gasteiger partial charge on any atom is 0.488 e. The van der Waals surface area contributed by atoms with Crippen LogP contribution in [0.3, 0.4) is 0 Å². The molecule has 0 saturated heterocycles. The molecule has 12 heteroatoms. The molecule has 0 unspecified atom stereocenters. The molecule has 0 atom stereocenters. The second-order valence-electron chi connectivity index (χ2n) is 9.21. The zero-order chi connectivity index (χ0) is 28.3. The van der Waals surface area contributed by atoms with Crippen molar-refractivity contribution in [1.82, 2.24) is 15.6 Å². The summed E-state index contributed by atoms with van der Waals surface area (Å²) in [6.07, 6.45) is 0.385. The highest BCUT2D eigenvalue weighted by Gasteiger charge is 2.30. The summed E-state index contributed by atoms with van der Waals surface area (Å²) in [5.74, 6) is -0.954. The number of benzene rings is 3. The summed E-state index contributed by atoms with van der Waals surface area (Å²) in [5, 5.41) is 24.4. The molecule has 3 aromatic carbocycles. The number of H-pyrrole nitrogens is 1. The van der Waals surface area contributed by atoms with E-state index >= 15 is 0 Å². The fourth-order valence-electron chi connectivity index (χ4n) is 4.27. The monoisotopic (exact) mass is 567 g/mol. The highest BCUT2D eigenvalue weighted by molar-refractivity contribution is 7.91. The fourth-order valence-corrected chi connectivity index (χ4v) is 6.23. The van der Waals surface area contributed by atoms with Gasteiger partial charge < -0.3 is 25.7 Å². The molecule has 0 bridgehead atoms. The summed E-state index contributed by atoms with van der Waals surface area (Å²) in [5.41, 5.74) is 2.54. The van der Waals surface area contributed by atoms with Gasteiger partial charge in [-0.25, -0.2) is 8.42 Å². The van der Waals surface area contributed by atoms with Crippen molar-refractivity contribution in [2.45, 2.75) is 30.1 Å². The van der Waals surface area contributed by atoms with Crippen LogP contribution < -0.4 is 16.1 Å². The molecule has 0 fully saturated rings. The number of carbonyl (C=O) groups is 2. The van der Waals surface area contributed by atoms with Crippen molar-refractivity contribution in [1.29, 1.82) is 0 Å². The van der Waals surface area contributed by atoms with E-state index in [-0.39, 0.29) is 39.9 Å². The maximum atomic E-state index is 13.8. The molecule has 0 spiro atoms. The number of aromatic amines is 1. The Morgan fingerprint density at radius 2 is 1.51 bits per heavy atom. The summed E-state index contributed by atoms with van der Waals surface area (Å²) in [4.78, 5) is 28.3. The van der Waals surface area contributed by atoms with E-state index < -0.39 is 22.9 Å². The van der Waals surface area contributed by atoms with Crippen LogP contribution in [0.15, 0.2) is 70.5 Å². The summed E-state index contributed by atoms with van der Waals surface area (Å²) >= 11 is 6.17. The van der Waals surface area contributed by atoms with Gasteiger partial charge in [-0.05, 0) is 79.3 Å². The van der Waals surface area contributed by atoms with Crippen LogP contribution in [-0.4, -0.2) is 55.5 Å². The molecule has 0 saturated carbocycles. The molecule has 202 valence electrons. The van der Waals surface area contributed by atoms with Crippen molar-refractivity contribution >= 4 is 56.7 Å². The van der Waals surface area contributed by atoms with Gasteiger partial charge in [-0.1, -0.05) is 29.8 Å². The number of halogens is 1. The number of amides is 2. The van der Waals surface area contributed by atoms with Crippen molar-refractivity contribution in [3.8, 4) is 0 Å². The van der Waals surface area contributed by atoms with E-state index in [4.69, 9.17) is 21.6 Å². The van der Waals surface area contributed by atoms with E-state index in [1.54, 1.807) is 38.1 Å². The number of fused-ring (bicyclic) bond motifs is 1. The Labute approximate surface area is 231 Å². The quantitative estimate of drug-likeness (QED) is 0.155. The number of rotatable bonds is 9. The minimum atomic E-state index is -4.08. The SMILES string of the molecule is Cc1cc(C)cc(S(=O)(=O)c2c(C(=O)NCCCNC(=O)c3ccc(B(O)O)cc3)[nH]c3ccc(Cl)cc23)c1. The lowest BCUT2D eigenvalue weighted by Crippen LogP contribution is -2.32. The normalized spacial score (nSPS) is 11.4. The molecular formula is C27H27BClN3O6S. The summed E-state index contributed by atoms with van der Waals surface area (Å²) in [6.45, 7) is 4.03. The molecule has 0 aliphatic heterocycles. The number of nitrogens with one attached hydrogen (secondary N) is 3. The van der Waals surface area contributed by atoms with Gasteiger partial charge in [0.1, 0.15) is 10.6 Å². The standard InChI is InChI=1S/C27H27BClN3O6S/c1-16-12-17(2)14-21(13-16)39(37,38)25-22-15-20(29)8-9-23(22)32-24(25)27(34)31-11-3-10-30-26(33)18-4-6-19(7-5-18)28(35)36/h4-9,12-15,32,35-36H,3,10-11H2,1-2H3,(H,30,33)(H,31,34). The van der Waals surface area contributed by atoms with Crippen molar-refractivity contribution in [2.24, 2.45) is 0 Å². The summed E-state index contributed by atoms with van der Waals surface area (Å²) < 4.78 is 27.6. The van der Waals surface area contributed by atoms with E-state index in [2.05, 4.69) is 15.6 Å². The second-order valence-corrected chi connectivity index (χ2v) is 11.5. The van der Waals surface area contributed by atoms with E-state index in [1.807, 2.05) is 6.07 Å². The molecule has 9 nitrogen and oxygen atoms in total. The van der Waals surface area contributed by atoms with Crippen molar-refractivity contribution in [3.05, 3.63) is 88.1 Å². The van der Waals surface area contributed by atoms with Gasteiger partial charge in [-0.3, -0.25) is 9.59 Å². The van der Waals surface area contributed by atoms with Gasteiger partial charge in [0.25, 0.3) is 11.8 Å². The molecule has 0 radical (unpaired) electrons. The third-order valence-electron chi connectivity index (χ3n) is 6.11. The van der Waals surface area contributed by atoms with Gasteiger partial charge >= 0.3 is 7.12 Å². The predicted molar refractivity (Wildman–Crippen MR) is 150 cm³/mol. The highest BCUT2D eigenvalue weighted by Crippen LogP contribution is 2.34. The molecule has 5 N–H and O–H groups in total. The molecular weight excluding hydrogens is 541 g/mol. The number of sulfone groups is 1. The maximum absolute atomic E-state index is 13.8. The fraction of sp³-hybridized carbons (Fsp3) is 0.185. The van der Waals surface area contributed by atoms with Gasteiger partial charge in [-0.15, -0.1) is 0 Å². The minimum absolute atomic E-state index is 0.0826. The smallest absolute Gasteiger partial charge is 0.423 e. The van der Waals surface area contributed by atoms with Gasteiger partial charge in [0, 0.05) is 34.6 Å². The second kappa shape index (κ2) is 11.6. The van der Waals surface area contributed by atoms with Crippen molar-refractivity contribution in [3.63, 3.8) is 0 Å². The lowest BCUT2D eigenvalue weighted by atomic mass is 9.80. The first-order chi connectivity index (χ1) is 18.5. The predicted octanol–water partition coefficient (Wildman–Crippen LogP) is 2.50. The van der Waals surface area contributed by atoms with Crippen LogP contribution in [-0.2, 0) is 9.84 Å². The van der Waals surface area contributed by atoms with Crippen LogP contribution in [0.4, 0.5) is 0 Å².